The molecule has 27 heavy (non-hydrogen) atoms. The fourth-order valence-electron chi connectivity index (χ4n) is 2.43. The Bertz CT molecular complexity index is 873. The van der Waals surface area contributed by atoms with Gasteiger partial charge in [0.05, 0.1) is 18.8 Å². The molecule has 8 heteroatoms. The van der Waals surface area contributed by atoms with E-state index >= 15 is 0 Å². The van der Waals surface area contributed by atoms with Gasteiger partial charge >= 0.3 is 0 Å². The number of halogens is 1. The number of hydrogen-bond donors (Lipinski definition) is 2. The summed E-state index contributed by atoms with van der Waals surface area (Å²) in [6.45, 7) is 5.58. The van der Waals surface area contributed by atoms with Crippen molar-refractivity contribution in [2.45, 2.75) is 33.4 Å². The third kappa shape index (κ3) is 5.98. The third-order valence-electron chi connectivity index (χ3n) is 3.91. The number of nitrogens with one attached hydrogen (secondary N) is 2. The van der Waals surface area contributed by atoms with Crippen LogP contribution in [0.1, 0.15) is 27.4 Å². The Morgan fingerprint density at radius 3 is 2.52 bits per heavy atom. The van der Waals surface area contributed by atoms with E-state index in [2.05, 4.69) is 46.6 Å². The van der Waals surface area contributed by atoms with Crippen molar-refractivity contribution in [2.75, 3.05) is 7.05 Å². The average Bonchev–Trinajstić information content (AvgIpc) is 3.29. The van der Waals surface area contributed by atoms with E-state index < -0.39 is 0 Å². The summed E-state index contributed by atoms with van der Waals surface area (Å²) in [5.74, 6) is 0.771. The second-order valence-corrected chi connectivity index (χ2v) is 8.03. The first kappa shape index (κ1) is 21.8. The van der Waals surface area contributed by atoms with Gasteiger partial charge in [0.2, 0.25) is 0 Å². The van der Waals surface area contributed by atoms with Crippen LogP contribution in [0.2, 0.25) is 0 Å². The lowest BCUT2D eigenvalue weighted by Gasteiger charge is -2.10. The highest BCUT2D eigenvalue weighted by Gasteiger charge is 2.10. The highest BCUT2D eigenvalue weighted by atomic mass is 127. The Morgan fingerprint density at radius 1 is 1.11 bits per heavy atom. The van der Waals surface area contributed by atoms with Crippen molar-refractivity contribution in [1.82, 2.24) is 20.6 Å². The second kappa shape index (κ2) is 10.7. The Kier molecular flexibility index (Phi) is 8.65. The van der Waals surface area contributed by atoms with Crippen LogP contribution in [-0.2, 0) is 19.5 Å². The van der Waals surface area contributed by atoms with Crippen LogP contribution in [0.25, 0.3) is 10.6 Å². The number of aromatic nitrogens is 2. The Morgan fingerprint density at radius 2 is 1.85 bits per heavy atom. The largest absolute Gasteiger partial charge is 0.351 e. The zero-order valence-corrected chi connectivity index (χ0v) is 19.6. The van der Waals surface area contributed by atoms with Gasteiger partial charge in [-0.2, -0.15) is 0 Å². The number of guanidine groups is 1. The molecule has 5 nitrogen and oxygen atoms in total. The predicted molar refractivity (Wildman–Crippen MR) is 126 cm³/mol. The number of hydrogen-bond acceptors (Lipinski definition) is 5. The number of benzene rings is 1. The summed E-state index contributed by atoms with van der Waals surface area (Å²) in [7, 11) is 1.78. The SMILES string of the molecule is CCc1cnc(CNC(=NC)NCc2sc(-c3ccccc3)nc2C)s1.I. The molecule has 0 amide bonds. The van der Waals surface area contributed by atoms with E-state index in [1.807, 2.05) is 24.4 Å². The first-order valence-electron chi connectivity index (χ1n) is 8.59. The van der Waals surface area contributed by atoms with Gasteiger partial charge in [-0.1, -0.05) is 37.3 Å². The van der Waals surface area contributed by atoms with Crippen LogP contribution in [0.15, 0.2) is 41.5 Å². The minimum absolute atomic E-state index is 0. The zero-order chi connectivity index (χ0) is 18.4. The molecule has 144 valence electrons. The van der Waals surface area contributed by atoms with Crippen molar-refractivity contribution in [1.29, 1.82) is 0 Å². The van der Waals surface area contributed by atoms with Crippen LogP contribution in [0.5, 0.6) is 0 Å². The second-order valence-electron chi connectivity index (χ2n) is 5.75. The Labute approximate surface area is 185 Å². The summed E-state index contributed by atoms with van der Waals surface area (Å²) in [6.07, 6.45) is 2.97. The van der Waals surface area contributed by atoms with Crippen molar-refractivity contribution in [2.24, 2.45) is 4.99 Å². The van der Waals surface area contributed by atoms with E-state index in [1.54, 1.807) is 29.7 Å². The monoisotopic (exact) mass is 513 g/mol. The molecule has 0 aliphatic heterocycles. The van der Waals surface area contributed by atoms with Crippen molar-refractivity contribution in [3.05, 3.63) is 57.0 Å². The summed E-state index contributed by atoms with van der Waals surface area (Å²) in [5, 5.41) is 8.82. The van der Waals surface area contributed by atoms with Crippen molar-refractivity contribution in [3.63, 3.8) is 0 Å². The lowest BCUT2D eigenvalue weighted by molar-refractivity contribution is 0.807. The summed E-state index contributed by atoms with van der Waals surface area (Å²) in [6, 6.07) is 10.3. The normalized spacial score (nSPS) is 11.1. The van der Waals surface area contributed by atoms with E-state index in [0.29, 0.717) is 13.1 Å². The maximum Gasteiger partial charge on any atom is 0.191 e. The minimum atomic E-state index is 0. The number of aliphatic imine (C=N–C) groups is 1. The molecule has 0 saturated carbocycles. The van der Waals surface area contributed by atoms with Gasteiger partial charge in [-0.3, -0.25) is 4.99 Å². The van der Waals surface area contributed by atoms with Crippen molar-refractivity contribution >= 4 is 52.6 Å². The topological polar surface area (TPSA) is 62.2 Å². The van der Waals surface area contributed by atoms with Crippen LogP contribution < -0.4 is 10.6 Å². The number of thiazole rings is 2. The fraction of sp³-hybridized carbons (Fsp3) is 0.316. The van der Waals surface area contributed by atoms with Gasteiger partial charge in [0, 0.05) is 28.6 Å². The Balaban J connectivity index is 0.00000261. The lowest BCUT2D eigenvalue weighted by atomic mass is 10.2. The van der Waals surface area contributed by atoms with Gasteiger partial charge in [-0.15, -0.1) is 46.7 Å². The minimum Gasteiger partial charge on any atom is -0.351 e. The maximum absolute atomic E-state index is 4.70. The molecule has 2 heterocycles. The van der Waals surface area contributed by atoms with Crippen molar-refractivity contribution < 1.29 is 0 Å². The molecule has 0 fully saturated rings. The molecule has 3 rings (SSSR count). The quantitative estimate of drug-likeness (QED) is 0.287. The molecule has 3 aromatic rings. The molecule has 0 radical (unpaired) electrons. The smallest absolute Gasteiger partial charge is 0.191 e. The molecule has 0 aliphatic carbocycles. The van der Waals surface area contributed by atoms with Crippen LogP contribution in [0.4, 0.5) is 0 Å². The molecule has 0 aliphatic rings. The molecular weight excluding hydrogens is 489 g/mol. The van der Waals surface area contributed by atoms with E-state index in [0.717, 1.165) is 33.7 Å². The average molecular weight is 513 g/mol. The van der Waals surface area contributed by atoms with Crippen LogP contribution in [0.3, 0.4) is 0 Å². The van der Waals surface area contributed by atoms with Crippen molar-refractivity contribution in [3.8, 4) is 10.6 Å². The molecule has 2 N–H and O–H groups in total. The van der Waals surface area contributed by atoms with E-state index in [9.17, 15) is 0 Å². The molecule has 0 bridgehead atoms. The molecule has 1 aromatic carbocycles. The van der Waals surface area contributed by atoms with Gasteiger partial charge < -0.3 is 10.6 Å². The lowest BCUT2D eigenvalue weighted by Crippen LogP contribution is -2.36. The predicted octanol–water partition coefficient (Wildman–Crippen LogP) is 4.62. The highest BCUT2D eigenvalue weighted by Crippen LogP contribution is 2.27. The standard InChI is InChI=1S/C19H23N5S2.HI/c1-4-15-10-21-17(25-15)12-23-19(20-3)22-11-16-13(2)24-18(26-16)14-8-6-5-7-9-14;/h5-10H,4,11-12H2,1-3H3,(H2,20,22,23);1H. The van der Waals surface area contributed by atoms with Gasteiger partial charge in [0.15, 0.2) is 5.96 Å². The maximum atomic E-state index is 4.70. The first-order chi connectivity index (χ1) is 12.7. The van der Waals surface area contributed by atoms with Gasteiger partial charge in [0.1, 0.15) is 10.0 Å². The summed E-state index contributed by atoms with van der Waals surface area (Å²) in [5.41, 5.74) is 2.22. The third-order valence-corrected chi connectivity index (χ3v) is 6.26. The fourth-order valence-corrected chi connectivity index (χ4v) is 4.24. The molecule has 0 spiro atoms. The van der Waals surface area contributed by atoms with Gasteiger partial charge in [0.25, 0.3) is 0 Å². The molecule has 0 saturated heterocycles. The van der Waals surface area contributed by atoms with E-state index in [-0.39, 0.29) is 24.0 Å². The van der Waals surface area contributed by atoms with Crippen LogP contribution in [-0.4, -0.2) is 23.0 Å². The van der Waals surface area contributed by atoms with E-state index in [1.165, 1.54) is 9.75 Å². The Hall–Kier alpha value is -1.52. The molecular formula is C19H24IN5S2. The summed E-state index contributed by atoms with van der Waals surface area (Å²) >= 11 is 3.46. The van der Waals surface area contributed by atoms with Gasteiger partial charge in [-0.05, 0) is 13.3 Å². The molecule has 0 unspecified atom stereocenters. The first-order valence-corrected chi connectivity index (χ1v) is 10.2. The van der Waals surface area contributed by atoms with Crippen LogP contribution >= 0.6 is 46.7 Å². The summed E-state index contributed by atoms with van der Waals surface area (Å²) < 4.78 is 0. The summed E-state index contributed by atoms with van der Waals surface area (Å²) in [4.78, 5) is 15.9. The van der Waals surface area contributed by atoms with Crippen LogP contribution in [0, 0.1) is 6.92 Å². The zero-order valence-electron chi connectivity index (χ0n) is 15.7. The molecule has 2 aromatic heterocycles. The molecule has 0 atom stereocenters. The number of aryl methyl sites for hydroxylation is 2. The number of rotatable bonds is 6. The highest BCUT2D eigenvalue weighted by molar-refractivity contribution is 14.0. The number of nitrogens with zero attached hydrogens (tertiary/aromatic N) is 3. The van der Waals surface area contributed by atoms with Gasteiger partial charge in [-0.25, -0.2) is 9.97 Å². The van der Waals surface area contributed by atoms with E-state index in [4.69, 9.17) is 4.98 Å².